The molecule has 1 heterocycles. The molecule has 0 bridgehead atoms. The van der Waals surface area contributed by atoms with Gasteiger partial charge in [0.05, 0.1) is 5.56 Å². The van der Waals surface area contributed by atoms with E-state index in [0.717, 1.165) is 18.9 Å². The van der Waals surface area contributed by atoms with Crippen molar-refractivity contribution in [1.82, 2.24) is 0 Å². The van der Waals surface area contributed by atoms with Crippen molar-refractivity contribution in [3.63, 3.8) is 0 Å². The van der Waals surface area contributed by atoms with Gasteiger partial charge in [-0.1, -0.05) is 0 Å². The van der Waals surface area contributed by atoms with Crippen molar-refractivity contribution in [2.75, 3.05) is 24.6 Å². The summed E-state index contributed by atoms with van der Waals surface area (Å²) in [6, 6.07) is 3.61. The van der Waals surface area contributed by atoms with E-state index in [1.807, 2.05) is 0 Å². The van der Waals surface area contributed by atoms with E-state index < -0.39 is 11.7 Å². The molecule has 1 aromatic carbocycles. The maximum Gasteiger partial charge on any atom is 0.418 e. The number of hydrogen-bond acceptors (Lipinski definition) is 3. The predicted octanol–water partition coefficient (Wildman–Crippen LogP) is 2.73. The second-order valence-corrected chi connectivity index (χ2v) is 5.03. The molecule has 6 heteroatoms. The van der Waals surface area contributed by atoms with Crippen LogP contribution in [0.1, 0.15) is 28.8 Å². The second-order valence-electron chi connectivity index (χ2n) is 5.03. The van der Waals surface area contributed by atoms with E-state index in [1.54, 1.807) is 4.90 Å². The van der Waals surface area contributed by atoms with Crippen molar-refractivity contribution in [1.29, 1.82) is 0 Å². The van der Waals surface area contributed by atoms with Gasteiger partial charge in [0, 0.05) is 30.9 Å². The van der Waals surface area contributed by atoms with E-state index in [9.17, 15) is 23.1 Å². The molecule has 1 aliphatic heterocycles. The standard InChI is InChI=1S/C14H16F3NO2/c15-14(16,17)12-6-10(8-19)3-4-13(12)18-5-1-2-11(7-18)9-20/h3-4,6,8,11,20H,1-2,5,7,9H2. The van der Waals surface area contributed by atoms with Crippen molar-refractivity contribution in [3.8, 4) is 0 Å². The van der Waals surface area contributed by atoms with E-state index >= 15 is 0 Å². The Morgan fingerprint density at radius 3 is 2.75 bits per heavy atom. The van der Waals surface area contributed by atoms with Gasteiger partial charge in [-0.25, -0.2) is 0 Å². The van der Waals surface area contributed by atoms with Crippen LogP contribution in [0.2, 0.25) is 0 Å². The lowest BCUT2D eigenvalue weighted by Crippen LogP contribution is -2.37. The largest absolute Gasteiger partial charge is 0.418 e. The maximum atomic E-state index is 13.1. The fourth-order valence-corrected chi connectivity index (χ4v) is 2.56. The van der Waals surface area contributed by atoms with Gasteiger partial charge in [0.2, 0.25) is 0 Å². The second kappa shape index (κ2) is 5.83. The Morgan fingerprint density at radius 1 is 1.40 bits per heavy atom. The van der Waals surface area contributed by atoms with Crippen LogP contribution in [0.15, 0.2) is 18.2 Å². The van der Waals surface area contributed by atoms with Gasteiger partial charge in [0.15, 0.2) is 0 Å². The molecule has 110 valence electrons. The molecule has 0 spiro atoms. The number of carbonyl (C=O) groups excluding carboxylic acids is 1. The Morgan fingerprint density at radius 2 is 2.15 bits per heavy atom. The van der Waals surface area contributed by atoms with Crippen LogP contribution in [0.25, 0.3) is 0 Å². The molecule has 1 aromatic rings. The van der Waals surface area contributed by atoms with Gasteiger partial charge >= 0.3 is 6.18 Å². The predicted molar refractivity (Wildman–Crippen MR) is 68.9 cm³/mol. The van der Waals surface area contributed by atoms with Crippen LogP contribution in [-0.4, -0.2) is 31.1 Å². The van der Waals surface area contributed by atoms with Crippen LogP contribution < -0.4 is 4.90 Å². The Hall–Kier alpha value is -1.56. The summed E-state index contributed by atoms with van der Waals surface area (Å²) in [5.74, 6) is -0.00409. The molecule has 1 saturated heterocycles. The molecule has 0 aliphatic carbocycles. The molecule has 20 heavy (non-hydrogen) atoms. The summed E-state index contributed by atoms with van der Waals surface area (Å²) >= 11 is 0. The smallest absolute Gasteiger partial charge is 0.396 e. The minimum absolute atomic E-state index is 0.00409. The first kappa shape index (κ1) is 14.8. The Kier molecular flexibility index (Phi) is 4.32. The van der Waals surface area contributed by atoms with Crippen molar-refractivity contribution >= 4 is 12.0 Å². The summed E-state index contributed by atoms with van der Waals surface area (Å²) in [7, 11) is 0. The molecule has 0 radical (unpaired) electrons. The van der Waals surface area contributed by atoms with Crippen LogP contribution in [0, 0.1) is 5.92 Å². The minimum atomic E-state index is -4.50. The lowest BCUT2D eigenvalue weighted by molar-refractivity contribution is -0.137. The monoisotopic (exact) mass is 287 g/mol. The first-order valence-corrected chi connectivity index (χ1v) is 6.48. The number of aldehydes is 1. The molecule has 1 unspecified atom stereocenters. The molecule has 0 aromatic heterocycles. The number of hydrogen-bond donors (Lipinski definition) is 1. The maximum absolute atomic E-state index is 13.1. The molecule has 0 amide bonds. The van der Waals surface area contributed by atoms with Gasteiger partial charge in [0.25, 0.3) is 0 Å². The highest BCUT2D eigenvalue weighted by Crippen LogP contribution is 2.38. The fourth-order valence-electron chi connectivity index (χ4n) is 2.56. The summed E-state index contributed by atoms with van der Waals surface area (Å²) in [6.07, 6.45) is -2.52. The number of rotatable bonds is 3. The number of benzene rings is 1. The SMILES string of the molecule is O=Cc1ccc(N2CCCC(CO)C2)c(C(F)(F)F)c1. The van der Waals surface area contributed by atoms with Crippen LogP contribution in [0.5, 0.6) is 0 Å². The molecule has 0 saturated carbocycles. The highest BCUT2D eigenvalue weighted by Gasteiger charge is 2.36. The van der Waals surface area contributed by atoms with E-state index in [1.165, 1.54) is 12.1 Å². The van der Waals surface area contributed by atoms with Gasteiger partial charge in [-0.3, -0.25) is 4.79 Å². The first-order chi connectivity index (χ1) is 9.45. The summed E-state index contributed by atoms with van der Waals surface area (Å²) in [5.41, 5.74) is -0.696. The summed E-state index contributed by atoms with van der Waals surface area (Å²) in [4.78, 5) is 12.3. The Labute approximate surface area is 115 Å². The zero-order valence-corrected chi connectivity index (χ0v) is 10.9. The third-order valence-electron chi connectivity index (χ3n) is 3.58. The zero-order valence-electron chi connectivity index (χ0n) is 10.9. The lowest BCUT2D eigenvalue weighted by atomic mass is 9.97. The summed E-state index contributed by atoms with van der Waals surface area (Å²) < 4.78 is 39.3. The number of anilines is 1. The Bertz CT molecular complexity index is 488. The number of aliphatic hydroxyl groups is 1. The topological polar surface area (TPSA) is 40.5 Å². The number of carbonyl (C=O) groups is 1. The molecule has 1 N–H and O–H groups in total. The minimum Gasteiger partial charge on any atom is -0.396 e. The third-order valence-corrected chi connectivity index (χ3v) is 3.58. The number of halogens is 3. The van der Waals surface area contributed by atoms with Gasteiger partial charge < -0.3 is 10.0 Å². The molecular weight excluding hydrogens is 271 g/mol. The lowest BCUT2D eigenvalue weighted by Gasteiger charge is -2.35. The number of piperidine rings is 1. The van der Waals surface area contributed by atoms with Gasteiger partial charge in [-0.05, 0) is 37.0 Å². The van der Waals surface area contributed by atoms with Crippen LogP contribution in [-0.2, 0) is 6.18 Å². The average molecular weight is 287 g/mol. The highest BCUT2D eigenvalue weighted by atomic mass is 19.4. The van der Waals surface area contributed by atoms with Crippen LogP contribution in [0.4, 0.5) is 18.9 Å². The van der Waals surface area contributed by atoms with Crippen molar-refractivity contribution in [2.45, 2.75) is 19.0 Å². The number of alkyl halides is 3. The molecular formula is C14H16F3NO2. The zero-order chi connectivity index (χ0) is 14.8. The van der Waals surface area contributed by atoms with E-state index in [4.69, 9.17) is 0 Å². The summed E-state index contributed by atoms with van der Waals surface area (Å²) in [5, 5.41) is 9.17. The first-order valence-electron chi connectivity index (χ1n) is 6.48. The van der Waals surface area contributed by atoms with Gasteiger partial charge in [-0.2, -0.15) is 13.2 Å². The third kappa shape index (κ3) is 3.12. The molecule has 1 aliphatic rings. The fraction of sp³-hybridized carbons (Fsp3) is 0.500. The van der Waals surface area contributed by atoms with Crippen LogP contribution >= 0.6 is 0 Å². The summed E-state index contributed by atoms with van der Waals surface area (Å²) in [6.45, 7) is 0.907. The number of nitrogens with zero attached hydrogens (tertiary/aromatic N) is 1. The quantitative estimate of drug-likeness (QED) is 0.869. The highest BCUT2D eigenvalue weighted by molar-refractivity contribution is 5.77. The average Bonchev–Trinajstić information content (AvgIpc) is 2.45. The Balaban J connectivity index is 2.37. The molecule has 1 atom stereocenters. The molecule has 1 fully saturated rings. The van der Waals surface area contributed by atoms with Gasteiger partial charge in [-0.15, -0.1) is 0 Å². The van der Waals surface area contributed by atoms with Crippen molar-refractivity contribution in [2.24, 2.45) is 5.92 Å². The molecule has 3 nitrogen and oxygen atoms in total. The number of aliphatic hydroxyl groups excluding tert-OH is 1. The van der Waals surface area contributed by atoms with E-state index in [-0.39, 0.29) is 23.8 Å². The van der Waals surface area contributed by atoms with Crippen LogP contribution in [0.3, 0.4) is 0 Å². The van der Waals surface area contributed by atoms with E-state index in [0.29, 0.717) is 19.4 Å². The van der Waals surface area contributed by atoms with Crippen molar-refractivity contribution in [3.05, 3.63) is 29.3 Å². The van der Waals surface area contributed by atoms with Gasteiger partial charge in [0.1, 0.15) is 6.29 Å². The normalized spacial score (nSPS) is 20.0. The molecule has 2 rings (SSSR count). The van der Waals surface area contributed by atoms with E-state index in [2.05, 4.69) is 0 Å². The van der Waals surface area contributed by atoms with Crippen molar-refractivity contribution < 1.29 is 23.1 Å².